The summed E-state index contributed by atoms with van der Waals surface area (Å²) < 4.78 is 1.69. The molecular formula is C17H13ClN3O2+. The molecule has 3 atom stereocenters. The van der Waals surface area contributed by atoms with Crippen LogP contribution in [-0.2, 0) is 9.59 Å². The average Bonchev–Trinajstić information content (AvgIpc) is 2.55. The van der Waals surface area contributed by atoms with Crippen molar-refractivity contribution in [2.24, 2.45) is 5.92 Å². The molecule has 1 fully saturated rings. The summed E-state index contributed by atoms with van der Waals surface area (Å²) >= 11 is 6.27. The van der Waals surface area contributed by atoms with Crippen molar-refractivity contribution in [3.63, 3.8) is 0 Å². The number of rotatable bonds is 2. The van der Waals surface area contributed by atoms with Crippen LogP contribution in [0.4, 0.5) is 0 Å². The molecule has 2 amide bonds. The number of carbonyl (C=O) groups excluding carboxylic acids is 2. The Kier molecular flexibility index (Phi) is 4.09. The van der Waals surface area contributed by atoms with Gasteiger partial charge < -0.3 is 0 Å². The quantitative estimate of drug-likeness (QED) is 0.675. The lowest BCUT2D eigenvalue weighted by Crippen LogP contribution is -2.59. The van der Waals surface area contributed by atoms with Gasteiger partial charge in [-0.25, -0.2) is 0 Å². The van der Waals surface area contributed by atoms with Crippen molar-refractivity contribution < 1.29 is 14.2 Å². The van der Waals surface area contributed by atoms with Crippen molar-refractivity contribution in [2.45, 2.75) is 12.0 Å². The lowest BCUT2D eigenvalue weighted by Gasteiger charge is -2.30. The van der Waals surface area contributed by atoms with Gasteiger partial charge in [0.15, 0.2) is 12.4 Å². The van der Waals surface area contributed by atoms with Crippen LogP contribution in [0.25, 0.3) is 0 Å². The Morgan fingerprint density at radius 2 is 1.74 bits per heavy atom. The van der Waals surface area contributed by atoms with E-state index in [1.165, 1.54) is 0 Å². The molecule has 1 aliphatic rings. The topological polar surface area (TPSA) is 73.8 Å². The highest BCUT2D eigenvalue weighted by atomic mass is 35.5. The first kappa shape index (κ1) is 15.2. The summed E-state index contributed by atoms with van der Waals surface area (Å²) in [6.07, 6.45) is 3.47. The lowest BCUT2D eigenvalue weighted by atomic mass is 9.77. The van der Waals surface area contributed by atoms with Crippen LogP contribution in [0.2, 0.25) is 5.02 Å². The number of imide groups is 1. The molecule has 1 N–H and O–H groups in total. The number of halogens is 1. The molecule has 0 bridgehead atoms. The van der Waals surface area contributed by atoms with E-state index in [2.05, 4.69) is 5.32 Å². The molecule has 0 spiro atoms. The average molecular weight is 327 g/mol. The van der Waals surface area contributed by atoms with E-state index in [0.29, 0.717) is 10.6 Å². The highest BCUT2D eigenvalue weighted by Gasteiger charge is 2.50. The fourth-order valence-corrected chi connectivity index (χ4v) is 3.20. The van der Waals surface area contributed by atoms with Gasteiger partial charge in [-0.1, -0.05) is 35.9 Å². The van der Waals surface area contributed by atoms with Gasteiger partial charge in [0.1, 0.15) is 5.92 Å². The summed E-state index contributed by atoms with van der Waals surface area (Å²) in [6, 6.07) is 13.7. The molecule has 0 aliphatic carbocycles. The van der Waals surface area contributed by atoms with Crippen LogP contribution in [0.3, 0.4) is 0 Å². The first-order valence-corrected chi connectivity index (χ1v) is 7.46. The molecule has 1 aliphatic heterocycles. The minimum Gasteiger partial charge on any atom is -0.289 e. The third-order valence-corrected chi connectivity index (χ3v) is 4.30. The number of pyridine rings is 1. The summed E-state index contributed by atoms with van der Waals surface area (Å²) in [6.45, 7) is 0. The maximum Gasteiger partial charge on any atom is 0.296 e. The lowest BCUT2D eigenvalue weighted by molar-refractivity contribution is -0.713. The third-order valence-electron chi connectivity index (χ3n) is 3.96. The van der Waals surface area contributed by atoms with Gasteiger partial charge >= 0.3 is 0 Å². The van der Waals surface area contributed by atoms with Gasteiger partial charge in [-0.05, 0) is 11.6 Å². The first-order valence-electron chi connectivity index (χ1n) is 7.08. The standard InChI is InChI=1S/C17H12ClN3O2/c18-13-7-3-2-6-11(13)14-12(10-19)16(22)20-17(23)15(14)21-8-4-1-5-9-21/h1-9,12,14-15H/p+1/t12-,14+,15-/m0/s1. The number of hydrogen-bond donors (Lipinski definition) is 1. The number of piperidine rings is 1. The van der Waals surface area contributed by atoms with Crippen molar-refractivity contribution in [3.05, 3.63) is 65.4 Å². The summed E-state index contributed by atoms with van der Waals surface area (Å²) in [4.78, 5) is 24.6. The fraction of sp³-hybridized carbons (Fsp3) is 0.176. The van der Waals surface area contributed by atoms with E-state index in [0.717, 1.165) is 0 Å². The van der Waals surface area contributed by atoms with E-state index in [1.807, 2.05) is 12.1 Å². The van der Waals surface area contributed by atoms with Gasteiger partial charge in [-0.15, -0.1) is 0 Å². The van der Waals surface area contributed by atoms with Gasteiger partial charge in [0, 0.05) is 17.2 Å². The van der Waals surface area contributed by atoms with Crippen molar-refractivity contribution in [2.75, 3.05) is 0 Å². The summed E-state index contributed by atoms with van der Waals surface area (Å²) in [5.74, 6) is -2.68. The molecule has 2 heterocycles. The summed E-state index contributed by atoms with van der Waals surface area (Å²) in [5, 5.41) is 12.2. The molecule has 0 unspecified atom stereocenters. The van der Waals surface area contributed by atoms with Crippen molar-refractivity contribution >= 4 is 23.4 Å². The second-order valence-corrected chi connectivity index (χ2v) is 5.68. The zero-order valence-electron chi connectivity index (χ0n) is 12.0. The molecule has 1 saturated heterocycles. The molecular weight excluding hydrogens is 314 g/mol. The summed E-state index contributed by atoms with van der Waals surface area (Å²) in [5.41, 5.74) is 0.616. The van der Waals surface area contributed by atoms with Crippen molar-refractivity contribution in [3.8, 4) is 6.07 Å². The van der Waals surface area contributed by atoms with Crippen LogP contribution in [-0.4, -0.2) is 11.8 Å². The number of carbonyl (C=O) groups is 2. The fourth-order valence-electron chi connectivity index (χ4n) is 2.93. The maximum absolute atomic E-state index is 12.5. The molecule has 114 valence electrons. The first-order chi connectivity index (χ1) is 11.1. The highest BCUT2D eigenvalue weighted by molar-refractivity contribution is 6.31. The second-order valence-electron chi connectivity index (χ2n) is 5.28. The Labute approximate surface area is 138 Å². The van der Waals surface area contributed by atoms with E-state index in [1.54, 1.807) is 53.4 Å². The largest absolute Gasteiger partial charge is 0.296 e. The van der Waals surface area contributed by atoms with Gasteiger partial charge in [0.25, 0.3) is 5.91 Å². The molecule has 6 heteroatoms. The zero-order valence-corrected chi connectivity index (χ0v) is 12.8. The second kappa shape index (κ2) is 6.19. The third kappa shape index (κ3) is 2.69. The van der Waals surface area contributed by atoms with Crippen LogP contribution >= 0.6 is 11.6 Å². The predicted molar refractivity (Wildman–Crippen MR) is 82.1 cm³/mol. The number of nitriles is 1. The predicted octanol–water partition coefficient (Wildman–Crippen LogP) is 1.75. The molecule has 0 saturated carbocycles. The number of hydrogen-bond acceptors (Lipinski definition) is 3. The normalized spacial score (nSPS) is 23.9. The molecule has 23 heavy (non-hydrogen) atoms. The number of nitrogens with zero attached hydrogens (tertiary/aromatic N) is 2. The smallest absolute Gasteiger partial charge is 0.289 e. The van der Waals surface area contributed by atoms with Gasteiger partial charge in [0.2, 0.25) is 11.9 Å². The van der Waals surface area contributed by atoms with E-state index < -0.39 is 29.7 Å². The molecule has 5 nitrogen and oxygen atoms in total. The van der Waals surface area contributed by atoms with Gasteiger partial charge in [0.05, 0.1) is 12.0 Å². The Bertz CT molecular complexity index is 801. The molecule has 3 rings (SSSR count). The van der Waals surface area contributed by atoms with Gasteiger partial charge in [-0.2, -0.15) is 9.83 Å². The highest BCUT2D eigenvalue weighted by Crippen LogP contribution is 2.39. The van der Waals surface area contributed by atoms with Gasteiger partial charge in [-0.3, -0.25) is 14.9 Å². The SMILES string of the molecule is N#C[C@@H]1C(=O)NC(=O)[C@@H]([n+]2ccccc2)[C@@H]1c1ccccc1Cl. The maximum atomic E-state index is 12.5. The van der Waals surface area contributed by atoms with Crippen molar-refractivity contribution in [1.82, 2.24) is 5.32 Å². The minimum absolute atomic E-state index is 0.432. The molecule has 2 aromatic rings. The number of benzene rings is 1. The number of amides is 2. The zero-order chi connectivity index (χ0) is 16.4. The molecule has 0 radical (unpaired) electrons. The van der Waals surface area contributed by atoms with Crippen LogP contribution in [0.5, 0.6) is 0 Å². The van der Waals surface area contributed by atoms with E-state index in [4.69, 9.17) is 11.6 Å². The minimum atomic E-state index is -0.995. The van der Waals surface area contributed by atoms with E-state index in [-0.39, 0.29) is 0 Å². The van der Waals surface area contributed by atoms with E-state index in [9.17, 15) is 14.9 Å². The monoisotopic (exact) mass is 326 g/mol. The molecule has 1 aromatic heterocycles. The van der Waals surface area contributed by atoms with Crippen LogP contribution < -0.4 is 9.88 Å². The summed E-state index contributed by atoms with van der Waals surface area (Å²) in [7, 11) is 0. The number of aromatic nitrogens is 1. The van der Waals surface area contributed by atoms with Crippen molar-refractivity contribution in [1.29, 1.82) is 5.26 Å². The van der Waals surface area contributed by atoms with Crippen LogP contribution in [0, 0.1) is 17.2 Å². The van der Waals surface area contributed by atoms with Crippen LogP contribution in [0.15, 0.2) is 54.9 Å². The Morgan fingerprint density at radius 1 is 1.04 bits per heavy atom. The molecule has 1 aromatic carbocycles. The Hall–Kier alpha value is -2.71. The van der Waals surface area contributed by atoms with E-state index >= 15 is 0 Å². The Morgan fingerprint density at radius 3 is 2.39 bits per heavy atom. The Balaban J connectivity index is 2.18. The number of nitrogens with one attached hydrogen (secondary N) is 1. The van der Waals surface area contributed by atoms with Crippen LogP contribution in [0.1, 0.15) is 17.5 Å².